The fraction of sp³-hybridized carbons (Fsp3) is 0.136. The Labute approximate surface area is 176 Å². The number of alkyl halides is 6. The standard InChI is InChI=1S/C22H16F6O2S/c23-21(24,25)20(22(26,27)28)30-19(29)15-11-13-18(14-12-15)31(16-7-3-1-4-8-16)17-9-5-2-6-10-17/h1-14,20,31H. The third-order valence-electron chi connectivity index (χ3n) is 4.21. The SMILES string of the molecule is O=C(OC(C(F)(F)F)C(F)(F)F)c1ccc([SH](c2ccccc2)c2ccccc2)cc1. The van der Waals surface area contributed by atoms with Gasteiger partial charge in [0.2, 0.25) is 0 Å². The van der Waals surface area contributed by atoms with Crippen molar-refractivity contribution in [2.24, 2.45) is 0 Å². The van der Waals surface area contributed by atoms with Crippen LogP contribution < -0.4 is 0 Å². The van der Waals surface area contributed by atoms with E-state index in [1.807, 2.05) is 60.7 Å². The summed E-state index contributed by atoms with van der Waals surface area (Å²) < 4.78 is 79.6. The van der Waals surface area contributed by atoms with Crippen LogP contribution >= 0.6 is 10.9 Å². The van der Waals surface area contributed by atoms with Crippen molar-refractivity contribution in [3.8, 4) is 0 Å². The van der Waals surface area contributed by atoms with Crippen molar-refractivity contribution >= 4 is 16.9 Å². The van der Waals surface area contributed by atoms with Gasteiger partial charge in [-0.3, -0.25) is 0 Å². The minimum Gasteiger partial charge on any atom is -0.439 e. The molecule has 0 bridgehead atoms. The number of esters is 1. The Morgan fingerprint density at radius 3 is 1.42 bits per heavy atom. The van der Waals surface area contributed by atoms with Crippen molar-refractivity contribution in [1.82, 2.24) is 0 Å². The summed E-state index contributed by atoms with van der Waals surface area (Å²) in [7, 11) is -1.04. The van der Waals surface area contributed by atoms with Gasteiger partial charge in [0, 0.05) is 0 Å². The maximum absolute atomic E-state index is 12.6. The van der Waals surface area contributed by atoms with Crippen LogP contribution in [0.4, 0.5) is 26.3 Å². The number of benzene rings is 3. The molecule has 0 aromatic heterocycles. The average Bonchev–Trinajstić information content (AvgIpc) is 2.72. The van der Waals surface area contributed by atoms with Gasteiger partial charge < -0.3 is 4.74 Å². The zero-order chi connectivity index (χ0) is 22.6. The minimum atomic E-state index is -5.76. The van der Waals surface area contributed by atoms with Gasteiger partial charge in [-0.25, -0.2) is 4.79 Å². The van der Waals surface area contributed by atoms with Crippen LogP contribution in [0.1, 0.15) is 10.4 Å². The Morgan fingerprint density at radius 2 is 1.03 bits per heavy atom. The molecule has 3 aromatic carbocycles. The Hall–Kier alpha value is -2.94. The molecule has 0 radical (unpaired) electrons. The Bertz CT molecular complexity index is 949. The summed E-state index contributed by atoms with van der Waals surface area (Å²) in [5, 5.41) is 0. The first-order chi connectivity index (χ1) is 14.6. The molecule has 31 heavy (non-hydrogen) atoms. The van der Waals surface area contributed by atoms with Crippen LogP contribution in [0.25, 0.3) is 0 Å². The summed E-state index contributed by atoms with van der Waals surface area (Å²) >= 11 is 0. The highest BCUT2D eigenvalue weighted by atomic mass is 32.2. The van der Waals surface area contributed by atoms with Gasteiger partial charge in [0.1, 0.15) is 0 Å². The smallest absolute Gasteiger partial charge is 0.434 e. The molecule has 0 amide bonds. The van der Waals surface area contributed by atoms with Gasteiger partial charge in [-0.2, -0.15) is 37.2 Å². The van der Waals surface area contributed by atoms with Crippen LogP contribution in [0, 0.1) is 0 Å². The molecule has 164 valence electrons. The van der Waals surface area contributed by atoms with Crippen LogP contribution in [0.2, 0.25) is 0 Å². The van der Waals surface area contributed by atoms with Gasteiger partial charge >= 0.3 is 18.3 Å². The van der Waals surface area contributed by atoms with E-state index in [4.69, 9.17) is 0 Å². The van der Waals surface area contributed by atoms with Crippen LogP contribution in [0.5, 0.6) is 0 Å². The van der Waals surface area contributed by atoms with Gasteiger partial charge in [0.15, 0.2) is 0 Å². The van der Waals surface area contributed by atoms with Crippen molar-refractivity contribution in [1.29, 1.82) is 0 Å². The summed E-state index contributed by atoms with van der Waals surface area (Å²) in [6, 6.07) is 24.3. The maximum Gasteiger partial charge on any atom is 0.434 e. The maximum atomic E-state index is 12.6. The molecule has 0 fully saturated rings. The zero-order valence-corrected chi connectivity index (χ0v) is 16.6. The van der Waals surface area contributed by atoms with Gasteiger partial charge in [-0.05, 0) is 63.2 Å². The van der Waals surface area contributed by atoms with E-state index in [1.165, 1.54) is 24.3 Å². The van der Waals surface area contributed by atoms with Crippen LogP contribution in [0.15, 0.2) is 99.6 Å². The Balaban J connectivity index is 1.89. The van der Waals surface area contributed by atoms with E-state index in [1.54, 1.807) is 0 Å². The summed E-state index contributed by atoms with van der Waals surface area (Å²) in [6.07, 6.45) is -15.7. The molecule has 0 atom stereocenters. The highest BCUT2D eigenvalue weighted by Crippen LogP contribution is 2.51. The number of hydrogen-bond acceptors (Lipinski definition) is 2. The van der Waals surface area contributed by atoms with Crippen molar-refractivity contribution in [2.45, 2.75) is 33.1 Å². The first-order valence-electron chi connectivity index (χ1n) is 8.92. The second-order valence-electron chi connectivity index (χ2n) is 6.42. The zero-order valence-electron chi connectivity index (χ0n) is 15.7. The van der Waals surface area contributed by atoms with Gasteiger partial charge in [0.25, 0.3) is 6.10 Å². The normalized spacial score (nSPS) is 12.5. The largest absolute Gasteiger partial charge is 0.439 e. The minimum absolute atomic E-state index is 0.404. The molecular weight excluding hydrogens is 442 g/mol. The van der Waals surface area contributed by atoms with E-state index in [9.17, 15) is 31.1 Å². The second kappa shape index (κ2) is 9.05. The number of carbonyl (C=O) groups excluding carboxylic acids is 1. The summed E-state index contributed by atoms with van der Waals surface area (Å²) in [5.74, 6) is -1.70. The molecule has 2 nitrogen and oxygen atoms in total. The molecule has 0 heterocycles. The lowest BCUT2D eigenvalue weighted by molar-refractivity contribution is -0.307. The monoisotopic (exact) mass is 458 g/mol. The molecule has 0 saturated carbocycles. The van der Waals surface area contributed by atoms with Crippen molar-refractivity contribution in [2.75, 3.05) is 0 Å². The van der Waals surface area contributed by atoms with E-state index in [0.29, 0.717) is 0 Å². The van der Waals surface area contributed by atoms with E-state index in [0.717, 1.165) is 14.7 Å². The predicted octanol–water partition coefficient (Wildman–Crippen LogP) is 6.81. The van der Waals surface area contributed by atoms with E-state index >= 15 is 0 Å². The fourth-order valence-corrected chi connectivity index (χ4v) is 5.12. The van der Waals surface area contributed by atoms with Gasteiger partial charge in [-0.1, -0.05) is 36.4 Å². The lowest BCUT2D eigenvalue weighted by Crippen LogP contribution is -2.45. The lowest BCUT2D eigenvalue weighted by atomic mass is 10.2. The average molecular weight is 458 g/mol. The van der Waals surface area contributed by atoms with Crippen molar-refractivity contribution < 1.29 is 35.9 Å². The number of rotatable bonds is 5. The lowest BCUT2D eigenvalue weighted by Gasteiger charge is -2.24. The van der Waals surface area contributed by atoms with Gasteiger partial charge in [0.05, 0.1) is 5.56 Å². The fourth-order valence-electron chi connectivity index (χ4n) is 2.84. The molecule has 0 aliphatic carbocycles. The van der Waals surface area contributed by atoms with Crippen molar-refractivity contribution in [3.05, 3.63) is 90.5 Å². The van der Waals surface area contributed by atoms with Crippen LogP contribution in [-0.2, 0) is 4.74 Å². The molecule has 3 rings (SSSR count). The number of ether oxygens (including phenoxy) is 1. The molecule has 9 heteroatoms. The van der Waals surface area contributed by atoms with Crippen LogP contribution in [-0.4, -0.2) is 24.4 Å². The van der Waals surface area contributed by atoms with Crippen LogP contribution in [0.3, 0.4) is 0 Å². The highest BCUT2D eigenvalue weighted by Gasteiger charge is 2.59. The second-order valence-corrected chi connectivity index (χ2v) is 8.64. The first kappa shape index (κ1) is 22.7. The van der Waals surface area contributed by atoms with Gasteiger partial charge in [-0.15, -0.1) is 0 Å². The topological polar surface area (TPSA) is 26.3 Å². The molecule has 0 spiro atoms. The molecule has 3 aromatic rings. The molecule has 0 aliphatic heterocycles. The van der Waals surface area contributed by atoms with E-state index in [2.05, 4.69) is 4.74 Å². The predicted molar refractivity (Wildman–Crippen MR) is 104 cm³/mol. The highest BCUT2D eigenvalue weighted by molar-refractivity contribution is 8.17. The number of thiol groups is 1. The molecular formula is C22H16F6O2S. The molecule has 0 aliphatic rings. The first-order valence-corrected chi connectivity index (χ1v) is 10.3. The Kier molecular flexibility index (Phi) is 6.64. The number of halogens is 6. The third-order valence-corrected chi connectivity index (χ3v) is 6.65. The quantitative estimate of drug-likeness (QED) is 0.258. The number of carbonyl (C=O) groups is 1. The molecule has 0 unspecified atom stereocenters. The van der Waals surface area contributed by atoms with E-state index in [-0.39, 0.29) is 0 Å². The number of hydrogen-bond donors (Lipinski definition) is 1. The van der Waals surface area contributed by atoms with E-state index < -0.39 is 40.9 Å². The molecule has 0 N–H and O–H groups in total. The Morgan fingerprint density at radius 1 is 0.645 bits per heavy atom. The van der Waals surface area contributed by atoms with Crippen molar-refractivity contribution in [3.63, 3.8) is 0 Å². The summed E-state index contributed by atoms with van der Waals surface area (Å²) in [4.78, 5) is 14.7. The molecule has 0 saturated heterocycles. The summed E-state index contributed by atoms with van der Waals surface area (Å²) in [6.45, 7) is 0. The summed E-state index contributed by atoms with van der Waals surface area (Å²) in [5.41, 5.74) is -0.404. The third kappa shape index (κ3) is 5.61.